The topological polar surface area (TPSA) is 90.1 Å². The molecule has 0 spiro atoms. The van der Waals surface area contributed by atoms with E-state index in [-0.39, 0.29) is 11.6 Å². The minimum Gasteiger partial charge on any atom is -0.320 e. The third kappa shape index (κ3) is 3.44. The van der Waals surface area contributed by atoms with E-state index in [1.165, 1.54) is 6.07 Å². The molecule has 0 radical (unpaired) electrons. The first-order chi connectivity index (χ1) is 13.0. The number of hydrogen-bond acceptors (Lipinski definition) is 4. The predicted molar refractivity (Wildman–Crippen MR) is 101 cm³/mol. The molecule has 27 heavy (non-hydrogen) atoms. The van der Waals surface area contributed by atoms with Gasteiger partial charge in [0.2, 0.25) is 0 Å². The Morgan fingerprint density at radius 3 is 2.59 bits per heavy atom. The van der Waals surface area contributed by atoms with Crippen LogP contribution in [-0.2, 0) is 0 Å². The van der Waals surface area contributed by atoms with Gasteiger partial charge in [0, 0.05) is 23.2 Å². The summed E-state index contributed by atoms with van der Waals surface area (Å²) < 4.78 is 1.63. The fraction of sp³-hybridized carbons (Fsp3) is 0.200. The molecule has 0 saturated heterocycles. The van der Waals surface area contributed by atoms with Gasteiger partial charge in [-0.3, -0.25) is 14.9 Å². The first kappa shape index (κ1) is 17.0. The van der Waals surface area contributed by atoms with Gasteiger partial charge in [0.15, 0.2) is 0 Å². The molecule has 2 aromatic carbocycles. The molecule has 4 rings (SSSR count). The molecule has 0 aliphatic heterocycles. The van der Waals surface area contributed by atoms with E-state index in [9.17, 15) is 14.9 Å². The third-order valence-corrected chi connectivity index (χ3v) is 4.62. The average molecular weight is 362 g/mol. The van der Waals surface area contributed by atoms with Crippen LogP contribution in [0.15, 0.2) is 54.6 Å². The van der Waals surface area contributed by atoms with E-state index in [0.29, 0.717) is 22.9 Å². The van der Waals surface area contributed by atoms with Gasteiger partial charge < -0.3 is 5.32 Å². The Morgan fingerprint density at radius 2 is 1.93 bits per heavy atom. The lowest BCUT2D eigenvalue weighted by Gasteiger charge is -2.09. The molecule has 1 aromatic heterocycles. The van der Waals surface area contributed by atoms with Crippen molar-refractivity contribution in [1.82, 2.24) is 9.78 Å². The Hall–Kier alpha value is -3.48. The summed E-state index contributed by atoms with van der Waals surface area (Å²) in [5.41, 5.74) is 3.01. The highest BCUT2D eigenvalue weighted by Crippen LogP contribution is 2.39. The summed E-state index contributed by atoms with van der Waals surface area (Å²) in [7, 11) is 0. The number of aromatic nitrogens is 2. The quantitative estimate of drug-likeness (QED) is 0.543. The smallest absolute Gasteiger partial charge is 0.274 e. The van der Waals surface area contributed by atoms with Crippen molar-refractivity contribution in [2.24, 2.45) is 0 Å². The van der Waals surface area contributed by atoms with E-state index in [2.05, 4.69) is 10.4 Å². The van der Waals surface area contributed by atoms with Gasteiger partial charge in [-0.1, -0.05) is 24.3 Å². The molecule has 7 heteroatoms. The Bertz CT molecular complexity index is 1020. The number of nitrogens with zero attached hydrogens (tertiary/aromatic N) is 3. The van der Waals surface area contributed by atoms with Gasteiger partial charge in [0.1, 0.15) is 5.69 Å². The normalized spacial score (nSPS) is 13.4. The van der Waals surface area contributed by atoms with Gasteiger partial charge in [-0.05, 0) is 44.0 Å². The second-order valence-electron chi connectivity index (χ2n) is 6.69. The van der Waals surface area contributed by atoms with Crippen molar-refractivity contribution in [3.63, 3.8) is 0 Å². The molecule has 1 heterocycles. The number of para-hydroxylation sites is 1. The van der Waals surface area contributed by atoms with Crippen LogP contribution in [-0.4, -0.2) is 20.6 Å². The van der Waals surface area contributed by atoms with Gasteiger partial charge in [-0.25, -0.2) is 4.68 Å². The summed E-state index contributed by atoms with van der Waals surface area (Å²) in [6.07, 6.45) is 2.16. The van der Waals surface area contributed by atoms with E-state index >= 15 is 0 Å². The number of anilines is 1. The van der Waals surface area contributed by atoms with Gasteiger partial charge in [0.25, 0.3) is 11.6 Å². The van der Waals surface area contributed by atoms with Crippen LogP contribution >= 0.6 is 0 Å². The van der Waals surface area contributed by atoms with Crippen molar-refractivity contribution in [3.05, 3.63) is 81.7 Å². The fourth-order valence-electron chi connectivity index (χ4n) is 2.98. The molecule has 136 valence electrons. The number of hydrogen-bond donors (Lipinski definition) is 1. The van der Waals surface area contributed by atoms with Crippen LogP contribution in [0.5, 0.6) is 0 Å². The minimum atomic E-state index is -0.454. The maximum absolute atomic E-state index is 12.9. The molecule has 1 fully saturated rings. The number of nitrogens with one attached hydrogen (secondary N) is 1. The summed E-state index contributed by atoms with van der Waals surface area (Å²) in [4.78, 5) is 23.6. The van der Waals surface area contributed by atoms with Crippen LogP contribution < -0.4 is 5.32 Å². The molecule has 1 N–H and O–H groups in total. The summed E-state index contributed by atoms with van der Waals surface area (Å²) in [6.45, 7) is 1.66. The lowest BCUT2D eigenvalue weighted by molar-refractivity contribution is -0.385. The summed E-state index contributed by atoms with van der Waals surface area (Å²) in [5, 5.41) is 18.5. The molecule has 1 aliphatic rings. The highest BCUT2D eigenvalue weighted by molar-refractivity contribution is 6.03. The van der Waals surface area contributed by atoms with E-state index in [4.69, 9.17) is 0 Å². The largest absolute Gasteiger partial charge is 0.320 e. The summed E-state index contributed by atoms with van der Waals surface area (Å²) >= 11 is 0. The Balaban J connectivity index is 1.68. The van der Waals surface area contributed by atoms with Crippen molar-refractivity contribution in [3.8, 4) is 5.69 Å². The van der Waals surface area contributed by atoms with Crippen LogP contribution in [0.1, 0.15) is 40.5 Å². The van der Waals surface area contributed by atoms with Gasteiger partial charge >= 0.3 is 0 Å². The first-order valence-corrected chi connectivity index (χ1v) is 8.74. The number of benzene rings is 2. The maximum Gasteiger partial charge on any atom is 0.274 e. The SMILES string of the molecule is Cc1ccc(NC(=O)c2cc(C3CC3)nn2-c2ccccc2)cc1[N+](=O)[O-]. The lowest BCUT2D eigenvalue weighted by Crippen LogP contribution is -2.17. The highest BCUT2D eigenvalue weighted by Gasteiger charge is 2.29. The van der Waals surface area contributed by atoms with Crippen molar-refractivity contribution < 1.29 is 9.72 Å². The zero-order valence-electron chi connectivity index (χ0n) is 14.8. The summed E-state index contributed by atoms with van der Waals surface area (Å²) in [5.74, 6) is 0.0541. The number of nitro groups is 1. The van der Waals surface area contributed by atoms with Crippen LogP contribution in [0.4, 0.5) is 11.4 Å². The van der Waals surface area contributed by atoms with E-state index < -0.39 is 4.92 Å². The second kappa shape index (κ2) is 6.68. The molecule has 0 atom stereocenters. The van der Waals surface area contributed by atoms with Crippen molar-refractivity contribution in [2.45, 2.75) is 25.7 Å². The van der Waals surface area contributed by atoms with Crippen molar-refractivity contribution in [2.75, 3.05) is 5.32 Å². The molecule has 1 aliphatic carbocycles. The van der Waals surface area contributed by atoms with E-state index in [1.54, 1.807) is 23.7 Å². The van der Waals surface area contributed by atoms with E-state index in [1.807, 2.05) is 36.4 Å². The molecular weight excluding hydrogens is 344 g/mol. The number of carbonyl (C=O) groups is 1. The Labute approximate surface area is 155 Å². The zero-order chi connectivity index (χ0) is 19.0. The number of aryl methyl sites for hydroxylation is 1. The molecule has 1 amide bonds. The molecule has 0 unspecified atom stereocenters. The zero-order valence-corrected chi connectivity index (χ0v) is 14.8. The summed E-state index contributed by atoms with van der Waals surface area (Å²) in [6, 6.07) is 15.9. The van der Waals surface area contributed by atoms with Crippen LogP contribution in [0, 0.1) is 17.0 Å². The Kier molecular flexibility index (Phi) is 4.19. The number of amides is 1. The lowest BCUT2D eigenvalue weighted by atomic mass is 10.2. The van der Waals surface area contributed by atoms with Gasteiger partial charge in [0.05, 0.1) is 16.3 Å². The molecule has 7 nitrogen and oxygen atoms in total. The Morgan fingerprint density at radius 1 is 1.19 bits per heavy atom. The van der Waals surface area contributed by atoms with Crippen LogP contribution in [0.3, 0.4) is 0 Å². The monoisotopic (exact) mass is 362 g/mol. The highest BCUT2D eigenvalue weighted by atomic mass is 16.6. The predicted octanol–water partition coefficient (Wildman–Crippen LogP) is 4.22. The van der Waals surface area contributed by atoms with Crippen molar-refractivity contribution in [1.29, 1.82) is 0 Å². The van der Waals surface area contributed by atoms with Crippen LogP contribution in [0.25, 0.3) is 5.69 Å². The van der Waals surface area contributed by atoms with Crippen molar-refractivity contribution >= 4 is 17.3 Å². The fourth-order valence-corrected chi connectivity index (χ4v) is 2.98. The first-order valence-electron chi connectivity index (χ1n) is 8.74. The number of nitro benzene ring substituents is 1. The minimum absolute atomic E-state index is 0.0250. The van der Waals surface area contributed by atoms with E-state index in [0.717, 1.165) is 24.2 Å². The standard InChI is InChI=1S/C20H18N4O3/c1-13-7-10-15(11-18(13)24(26)27)21-20(25)19-12-17(14-8-9-14)22-23(19)16-5-3-2-4-6-16/h2-7,10-12,14H,8-9H2,1H3,(H,21,25). The average Bonchev–Trinajstić information content (AvgIpc) is 3.42. The van der Waals surface area contributed by atoms with Crippen LogP contribution in [0.2, 0.25) is 0 Å². The maximum atomic E-state index is 12.9. The number of rotatable bonds is 5. The van der Waals surface area contributed by atoms with Gasteiger partial charge in [-0.15, -0.1) is 0 Å². The molecular formula is C20H18N4O3. The molecule has 3 aromatic rings. The third-order valence-electron chi connectivity index (χ3n) is 4.62. The molecule has 0 bridgehead atoms. The molecule has 1 saturated carbocycles. The van der Waals surface area contributed by atoms with Gasteiger partial charge in [-0.2, -0.15) is 5.10 Å². The number of carbonyl (C=O) groups excluding carboxylic acids is 1. The second-order valence-corrected chi connectivity index (χ2v) is 6.69.